The first-order chi connectivity index (χ1) is 13.2. The van der Waals surface area contributed by atoms with E-state index in [4.69, 9.17) is 4.74 Å². The summed E-state index contributed by atoms with van der Waals surface area (Å²) >= 11 is 0. The van der Waals surface area contributed by atoms with Gasteiger partial charge >= 0.3 is 0 Å². The van der Waals surface area contributed by atoms with Crippen molar-refractivity contribution in [3.8, 4) is 0 Å². The Labute approximate surface area is 159 Å². The van der Waals surface area contributed by atoms with Gasteiger partial charge in [-0.1, -0.05) is 36.4 Å². The predicted octanol–water partition coefficient (Wildman–Crippen LogP) is 3.27. The summed E-state index contributed by atoms with van der Waals surface area (Å²) in [5, 5.41) is 5.91. The van der Waals surface area contributed by atoms with E-state index < -0.39 is 0 Å². The number of anilines is 1. The molecule has 5 heteroatoms. The summed E-state index contributed by atoms with van der Waals surface area (Å²) in [6.07, 6.45) is 3.45. The number of benzene rings is 2. The largest absolute Gasteiger partial charge is 0.368 e. The normalized spacial score (nSPS) is 20.1. The molecule has 1 unspecified atom stereocenters. The Balaban J connectivity index is 1.37. The third kappa shape index (κ3) is 4.03. The number of nitrogens with one attached hydrogen (secondary N) is 2. The SMILES string of the molecule is O=C(NCC1(c2ccccc2)CC1)c1cccc(NC(=O)C2CCCO2)c1. The quantitative estimate of drug-likeness (QED) is 0.827. The van der Waals surface area contributed by atoms with Gasteiger partial charge < -0.3 is 15.4 Å². The van der Waals surface area contributed by atoms with Crippen LogP contribution in [0.15, 0.2) is 54.6 Å². The number of amides is 2. The second kappa shape index (κ2) is 7.53. The molecule has 1 saturated carbocycles. The fraction of sp³-hybridized carbons (Fsp3) is 0.364. The number of hydrogen-bond acceptors (Lipinski definition) is 3. The molecule has 1 heterocycles. The van der Waals surface area contributed by atoms with Crippen molar-refractivity contribution in [1.29, 1.82) is 0 Å². The van der Waals surface area contributed by atoms with E-state index >= 15 is 0 Å². The van der Waals surface area contributed by atoms with Gasteiger partial charge in [0, 0.05) is 29.8 Å². The van der Waals surface area contributed by atoms with Crippen LogP contribution < -0.4 is 10.6 Å². The average Bonchev–Trinajstić information content (AvgIpc) is 3.29. The van der Waals surface area contributed by atoms with Gasteiger partial charge in [0.15, 0.2) is 0 Å². The smallest absolute Gasteiger partial charge is 0.253 e. The van der Waals surface area contributed by atoms with Crippen molar-refractivity contribution in [2.45, 2.75) is 37.2 Å². The summed E-state index contributed by atoms with van der Waals surface area (Å²) in [5.41, 5.74) is 2.52. The topological polar surface area (TPSA) is 67.4 Å². The minimum Gasteiger partial charge on any atom is -0.368 e. The molecule has 5 nitrogen and oxygen atoms in total. The van der Waals surface area contributed by atoms with Crippen LogP contribution in [0.25, 0.3) is 0 Å². The van der Waals surface area contributed by atoms with E-state index in [2.05, 4.69) is 22.8 Å². The fourth-order valence-electron chi connectivity index (χ4n) is 3.61. The Morgan fingerprint density at radius 1 is 1.07 bits per heavy atom. The van der Waals surface area contributed by atoms with Gasteiger partial charge in [-0.2, -0.15) is 0 Å². The van der Waals surface area contributed by atoms with Gasteiger partial charge in [0.2, 0.25) is 0 Å². The number of hydrogen-bond donors (Lipinski definition) is 2. The summed E-state index contributed by atoms with van der Waals surface area (Å²) < 4.78 is 5.40. The Morgan fingerprint density at radius 2 is 1.89 bits per heavy atom. The molecule has 0 spiro atoms. The summed E-state index contributed by atoms with van der Waals surface area (Å²) in [7, 11) is 0. The molecule has 1 atom stereocenters. The molecule has 2 N–H and O–H groups in total. The Kier molecular flexibility index (Phi) is 4.94. The molecule has 1 aliphatic carbocycles. The minimum absolute atomic E-state index is 0.0720. The Morgan fingerprint density at radius 3 is 2.59 bits per heavy atom. The van der Waals surface area contributed by atoms with E-state index in [-0.39, 0.29) is 23.3 Å². The second-order valence-electron chi connectivity index (χ2n) is 7.40. The number of rotatable bonds is 6. The molecule has 0 bridgehead atoms. The maximum Gasteiger partial charge on any atom is 0.253 e. The first-order valence-electron chi connectivity index (χ1n) is 9.53. The number of carbonyl (C=O) groups is 2. The van der Waals surface area contributed by atoms with Gasteiger partial charge in [-0.3, -0.25) is 9.59 Å². The van der Waals surface area contributed by atoms with Crippen molar-refractivity contribution in [2.75, 3.05) is 18.5 Å². The molecule has 2 aliphatic rings. The van der Waals surface area contributed by atoms with E-state index in [1.54, 1.807) is 24.3 Å². The highest BCUT2D eigenvalue weighted by Gasteiger charge is 2.44. The molecule has 0 radical (unpaired) electrons. The standard InChI is InChI=1S/C22H24N2O3/c25-20(23-15-22(11-12-22)17-7-2-1-3-8-17)16-6-4-9-18(14-16)24-21(26)19-10-5-13-27-19/h1-4,6-9,14,19H,5,10-13,15H2,(H,23,25)(H,24,26). The van der Waals surface area contributed by atoms with E-state index in [0.717, 1.165) is 25.7 Å². The van der Waals surface area contributed by atoms with Gasteiger partial charge in [0.05, 0.1) is 0 Å². The van der Waals surface area contributed by atoms with Crippen molar-refractivity contribution in [2.24, 2.45) is 0 Å². The lowest BCUT2D eigenvalue weighted by atomic mass is 9.96. The Bertz CT molecular complexity index is 824. The third-order valence-corrected chi connectivity index (χ3v) is 5.44. The number of ether oxygens (including phenoxy) is 1. The van der Waals surface area contributed by atoms with Crippen molar-refractivity contribution < 1.29 is 14.3 Å². The highest BCUT2D eigenvalue weighted by Crippen LogP contribution is 2.47. The summed E-state index contributed by atoms with van der Waals surface area (Å²) in [6.45, 7) is 1.26. The van der Waals surface area contributed by atoms with Crippen LogP contribution in [0, 0.1) is 0 Å². The average molecular weight is 364 g/mol. The van der Waals surface area contributed by atoms with Crippen LogP contribution in [0.4, 0.5) is 5.69 Å². The molecular weight excluding hydrogens is 340 g/mol. The molecule has 0 aromatic heterocycles. The lowest BCUT2D eigenvalue weighted by Gasteiger charge is -2.17. The summed E-state index contributed by atoms with van der Waals surface area (Å²) in [6, 6.07) is 17.4. The van der Waals surface area contributed by atoms with Crippen molar-refractivity contribution in [1.82, 2.24) is 5.32 Å². The Hall–Kier alpha value is -2.66. The molecule has 2 aromatic rings. The summed E-state index contributed by atoms with van der Waals surface area (Å²) in [5.74, 6) is -0.267. The van der Waals surface area contributed by atoms with Crippen LogP contribution in [-0.2, 0) is 14.9 Å². The zero-order valence-electron chi connectivity index (χ0n) is 15.2. The highest BCUT2D eigenvalue weighted by molar-refractivity contribution is 5.98. The second-order valence-corrected chi connectivity index (χ2v) is 7.40. The maximum absolute atomic E-state index is 12.6. The lowest BCUT2D eigenvalue weighted by molar-refractivity contribution is -0.124. The van der Waals surface area contributed by atoms with E-state index in [1.165, 1.54) is 5.56 Å². The molecular formula is C22H24N2O3. The molecule has 27 heavy (non-hydrogen) atoms. The van der Waals surface area contributed by atoms with Crippen LogP contribution in [0.2, 0.25) is 0 Å². The van der Waals surface area contributed by atoms with Crippen molar-refractivity contribution in [3.05, 3.63) is 65.7 Å². The zero-order chi connectivity index (χ0) is 18.7. The molecule has 1 saturated heterocycles. The molecule has 1 aliphatic heterocycles. The predicted molar refractivity (Wildman–Crippen MR) is 104 cm³/mol. The highest BCUT2D eigenvalue weighted by atomic mass is 16.5. The molecule has 4 rings (SSSR count). The van der Waals surface area contributed by atoms with Gasteiger partial charge in [-0.05, 0) is 49.4 Å². The van der Waals surface area contributed by atoms with Gasteiger partial charge in [-0.25, -0.2) is 0 Å². The van der Waals surface area contributed by atoms with Gasteiger partial charge in [-0.15, -0.1) is 0 Å². The zero-order valence-corrected chi connectivity index (χ0v) is 15.2. The molecule has 2 aromatic carbocycles. The fourth-order valence-corrected chi connectivity index (χ4v) is 3.61. The first-order valence-corrected chi connectivity index (χ1v) is 9.53. The minimum atomic E-state index is -0.386. The van der Waals surface area contributed by atoms with E-state index in [0.29, 0.717) is 24.4 Å². The van der Waals surface area contributed by atoms with Gasteiger partial charge in [0.25, 0.3) is 11.8 Å². The van der Waals surface area contributed by atoms with Crippen LogP contribution in [-0.4, -0.2) is 31.1 Å². The monoisotopic (exact) mass is 364 g/mol. The summed E-state index contributed by atoms with van der Waals surface area (Å²) in [4.78, 5) is 24.8. The van der Waals surface area contributed by atoms with Gasteiger partial charge in [0.1, 0.15) is 6.10 Å². The lowest BCUT2D eigenvalue weighted by Crippen LogP contribution is -2.32. The van der Waals surface area contributed by atoms with Crippen molar-refractivity contribution in [3.63, 3.8) is 0 Å². The molecule has 2 fully saturated rings. The van der Waals surface area contributed by atoms with E-state index in [1.807, 2.05) is 18.2 Å². The maximum atomic E-state index is 12.6. The van der Waals surface area contributed by atoms with E-state index in [9.17, 15) is 9.59 Å². The van der Waals surface area contributed by atoms with Crippen LogP contribution in [0.3, 0.4) is 0 Å². The first kappa shape index (κ1) is 17.7. The third-order valence-electron chi connectivity index (χ3n) is 5.44. The van der Waals surface area contributed by atoms with Crippen LogP contribution in [0.1, 0.15) is 41.6 Å². The molecule has 2 amide bonds. The molecule has 140 valence electrons. The van der Waals surface area contributed by atoms with Crippen LogP contribution >= 0.6 is 0 Å². The number of carbonyl (C=O) groups excluding carboxylic acids is 2. The van der Waals surface area contributed by atoms with Crippen molar-refractivity contribution >= 4 is 17.5 Å². The van der Waals surface area contributed by atoms with Crippen LogP contribution in [0.5, 0.6) is 0 Å².